The number of rotatable bonds is 3. The highest BCUT2D eigenvalue weighted by Crippen LogP contribution is 2.36. The number of piperazine rings is 1. The summed E-state index contributed by atoms with van der Waals surface area (Å²) in [6.07, 6.45) is 3.53. The molecule has 1 fully saturated rings. The molecular formula is C32H33F2N7O3. The third kappa shape index (κ3) is 5.14. The minimum atomic E-state index is -0.782. The van der Waals surface area contributed by atoms with Gasteiger partial charge in [-0.25, -0.2) is 23.1 Å². The van der Waals surface area contributed by atoms with E-state index in [4.69, 9.17) is 4.74 Å². The van der Waals surface area contributed by atoms with Gasteiger partial charge < -0.3 is 19.9 Å². The minimum absolute atomic E-state index is 0.0881. The highest BCUT2D eigenvalue weighted by atomic mass is 19.1. The maximum absolute atomic E-state index is 16.1. The Hall–Kier alpha value is -4.87. The van der Waals surface area contributed by atoms with Gasteiger partial charge in [-0.05, 0) is 55.7 Å². The normalized spacial score (nSPS) is 16.7. The molecule has 2 aliphatic rings. The Morgan fingerprint density at radius 3 is 2.73 bits per heavy atom. The molecule has 0 saturated carbocycles. The lowest BCUT2D eigenvalue weighted by Gasteiger charge is -2.40. The number of amides is 1. The molecule has 44 heavy (non-hydrogen) atoms. The summed E-state index contributed by atoms with van der Waals surface area (Å²) >= 11 is 0. The number of halogens is 2. The summed E-state index contributed by atoms with van der Waals surface area (Å²) in [5, 5.41) is 3.67. The fourth-order valence-electron chi connectivity index (χ4n) is 5.85. The van der Waals surface area contributed by atoms with Gasteiger partial charge in [-0.3, -0.25) is 9.78 Å². The number of anilines is 2. The van der Waals surface area contributed by atoms with Gasteiger partial charge in [0.15, 0.2) is 5.65 Å². The van der Waals surface area contributed by atoms with Crippen molar-refractivity contribution in [2.24, 2.45) is 0 Å². The highest BCUT2D eigenvalue weighted by molar-refractivity contribution is 5.92. The first kappa shape index (κ1) is 29.2. The average molecular weight is 602 g/mol. The number of nitrogens with zero attached hydrogens (tertiary/aromatic N) is 6. The molecule has 5 heterocycles. The van der Waals surface area contributed by atoms with Crippen molar-refractivity contribution < 1.29 is 18.3 Å². The zero-order chi connectivity index (χ0) is 31.1. The van der Waals surface area contributed by atoms with Gasteiger partial charge in [0.1, 0.15) is 28.9 Å². The third-order valence-corrected chi connectivity index (χ3v) is 8.01. The van der Waals surface area contributed by atoms with Crippen LogP contribution < -0.4 is 20.6 Å². The summed E-state index contributed by atoms with van der Waals surface area (Å²) in [5.74, 6) is -1.14. The largest absolute Gasteiger partial charge is 0.494 e. The predicted octanol–water partition coefficient (Wildman–Crippen LogP) is 4.66. The summed E-state index contributed by atoms with van der Waals surface area (Å²) in [6, 6.07) is 6.89. The molecule has 4 bridgehead atoms. The summed E-state index contributed by atoms with van der Waals surface area (Å²) in [5.41, 5.74) is 0.800. The van der Waals surface area contributed by atoms with Crippen molar-refractivity contribution in [1.29, 1.82) is 0 Å². The summed E-state index contributed by atoms with van der Waals surface area (Å²) in [7, 11) is 0. The second-order valence-electron chi connectivity index (χ2n) is 11.3. The molecule has 1 atom stereocenters. The molecule has 1 amide bonds. The molecule has 0 unspecified atom stereocenters. The number of fused-ring (bicyclic) bond motifs is 6. The van der Waals surface area contributed by atoms with E-state index in [-0.39, 0.29) is 46.0 Å². The van der Waals surface area contributed by atoms with Crippen LogP contribution in [0.2, 0.25) is 0 Å². The summed E-state index contributed by atoms with van der Waals surface area (Å²) < 4.78 is 38.5. The Morgan fingerprint density at radius 1 is 1.16 bits per heavy atom. The zero-order valence-corrected chi connectivity index (χ0v) is 24.8. The number of ether oxygens (including phenoxy) is 1. The standard InChI is InChI=1S/C32H33F2N7O3/c1-5-26(42)39-12-13-40(19(4)17-39)30-22-16-24(34)28-21-15-20(7-8-23(21)33)44-14-6-10-35-25-9-11-36-27(18(2)3)29(25)41(31(22)37-28)32(43)38-30/h5,7-9,11,15-16,18-19,35H,1,6,10,12-14,17H2,2-4H3/t19-/m0/s1. The smallest absolute Gasteiger partial charge is 0.355 e. The molecule has 1 aromatic carbocycles. The minimum Gasteiger partial charge on any atom is -0.494 e. The SMILES string of the molecule is C=CC(=O)N1CCN(c2nc(=O)n3c4nc(c(F)cc24)-c2cc(ccc2F)OCCCNc2ccnc(C(C)C)c2-3)[C@@H](C)C1. The number of hydrogen-bond donors (Lipinski definition) is 1. The van der Waals surface area contributed by atoms with Crippen LogP contribution in [0.3, 0.4) is 0 Å². The van der Waals surface area contributed by atoms with E-state index in [2.05, 4.69) is 26.8 Å². The van der Waals surface area contributed by atoms with Crippen molar-refractivity contribution in [3.8, 4) is 22.7 Å². The van der Waals surface area contributed by atoms with Crippen LogP contribution in [0.4, 0.5) is 20.3 Å². The lowest BCUT2D eigenvalue weighted by atomic mass is 10.1. The molecule has 0 radical (unpaired) electrons. The van der Waals surface area contributed by atoms with Crippen LogP contribution in [0.25, 0.3) is 28.0 Å². The van der Waals surface area contributed by atoms with Gasteiger partial charge in [0.05, 0.1) is 29.1 Å². The van der Waals surface area contributed by atoms with E-state index in [1.54, 1.807) is 17.2 Å². The first-order valence-corrected chi connectivity index (χ1v) is 14.6. The molecule has 6 rings (SSSR count). The van der Waals surface area contributed by atoms with Crippen molar-refractivity contribution >= 4 is 28.4 Å². The maximum atomic E-state index is 16.1. The van der Waals surface area contributed by atoms with Gasteiger partial charge in [-0.15, -0.1) is 0 Å². The third-order valence-electron chi connectivity index (χ3n) is 8.01. The number of nitrogens with one attached hydrogen (secondary N) is 1. The quantitative estimate of drug-likeness (QED) is 0.338. The van der Waals surface area contributed by atoms with Gasteiger partial charge in [-0.1, -0.05) is 20.4 Å². The Morgan fingerprint density at radius 2 is 1.98 bits per heavy atom. The summed E-state index contributed by atoms with van der Waals surface area (Å²) in [4.78, 5) is 43.8. The van der Waals surface area contributed by atoms with Crippen molar-refractivity contribution in [3.05, 3.63) is 77.0 Å². The first-order valence-electron chi connectivity index (χ1n) is 14.6. The van der Waals surface area contributed by atoms with Crippen molar-refractivity contribution in [3.63, 3.8) is 0 Å². The fourth-order valence-corrected chi connectivity index (χ4v) is 5.85. The van der Waals surface area contributed by atoms with E-state index >= 15 is 8.78 Å². The number of carbonyl (C=O) groups is 1. The molecule has 10 nitrogen and oxygen atoms in total. The molecule has 12 heteroatoms. The van der Waals surface area contributed by atoms with Crippen molar-refractivity contribution in [1.82, 2.24) is 24.4 Å². The Balaban J connectivity index is 1.67. The van der Waals surface area contributed by atoms with E-state index in [1.165, 1.54) is 34.9 Å². The zero-order valence-electron chi connectivity index (χ0n) is 24.8. The van der Waals surface area contributed by atoms with Crippen molar-refractivity contribution in [2.75, 3.05) is 43.0 Å². The molecular weight excluding hydrogens is 568 g/mol. The predicted molar refractivity (Wildman–Crippen MR) is 165 cm³/mol. The van der Waals surface area contributed by atoms with Crippen molar-refractivity contribution in [2.45, 2.75) is 39.2 Å². The van der Waals surface area contributed by atoms with E-state index in [9.17, 15) is 9.59 Å². The van der Waals surface area contributed by atoms with E-state index < -0.39 is 17.3 Å². The van der Waals surface area contributed by atoms with Crippen LogP contribution in [0.5, 0.6) is 5.75 Å². The number of hydrogen-bond acceptors (Lipinski definition) is 8. The van der Waals surface area contributed by atoms with Crippen LogP contribution in [-0.4, -0.2) is 69.2 Å². The first-order chi connectivity index (χ1) is 21.2. The number of benzene rings is 1. The van der Waals surface area contributed by atoms with Crippen LogP contribution in [-0.2, 0) is 4.79 Å². The van der Waals surface area contributed by atoms with Crippen LogP contribution in [0, 0.1) is 11.6 Å². The van der Waals surface area contributed by atoms with E-state index in [1.807, 2.05) is 25.7 Å². The van der Waals surface area contributed by atoms with Gasteiger partial charge in [0, 0.05) is 44.0 Å². The monoisotopic (exact) mass is 601 g/mol. The topological polar surface area (TPSA) is 105 Å². The molecule has 2 aliphatic heterocycles. The molecule has 1 saturated heterocycles. The molecule has 228 valence electrons. The number of pyridine rings is 2. The lowest BCUT2D eigenvalue weighted by Crippen LogP contribution is -2.54. The Bertz CT molecular complexity index is 1840. The fraction of sp³-hybridized carbons (Fsp3) is 0.344. The second kappa shape index (κ2) is 11.7. The van der Waals surface area contributed by atoms with E-state index in [0.29, 0.717) is 62.0 Å². The van der Waals surface area contributed by atoms with E-state index in [0.717, 1.165) is 0 Å². The maximum Gasteiger partial charge on any atom is 0.355 e. The number of aromatic nitrogens is 4. The van der Waals surface area contributed by atoms with Gasteiger partial charge in [-0.2, -0.15) is 4.98 Å². The van der Waals surface area contributed by atoms with Crippen LogP contribution in [0.1, 0.15) is 38.8 Å². The molecule has 0 spiro atoms. The second-order valence-corrected chi connectivity index (χ2v) is 11.3. The molecule has 0 aliphatic carbocycles. The summed E-state index contributed by atoms with van der Waals surface area (Å²) in [6.45, 7) is 11.3. The average Bonchev–Trinajstić information content (AvgIpc) is 3.00. The lowest BCUT2D eigenvalue weighted by molar-refractivity contribution is -0.126. The number of carbonyl (C=O) groups excluding carboxylic acids is 1. The highest BCUT2D eigenvalue weighted by Gasteiger charge is 2.31. The molecule has 3 aromatic heterocycles. The van der Waals surface area contributed by atoms with Gasteiger partial charge in [0.25, 0.3) is 0 Å². The Labute approximate surface area is 253 Å². The van der Waals surface area contributed by atoms with Gasteiger partial charge >= 0.3 is 5.69 Å². The molecule has 4 aromatic rings. The Kier molecular flexibility index (Phi) is 7.74. The van der Waals surface area contributed by atoms with Crippen LogP contribution >= 0.6 is 0 Å². The van der Waals surface area contributed by atoms with Gasteiger partial charge in [0.2, 0.25) is 5.91 Å². The molecule has 1 N–H and O–H groups in total. The van der Waals surface area contributed by atoms with Crippen LogP contribution in [0.15, 0.2) is 54.0 Å².